The molecular formula is C25H25N3OS. The van der Waals surface area contributed by atoms with E-state index in [1.165, 1.54) is 16.9 Å². The molecule has 0 aliphatic carbocycles. The molecule has 1 heterocycles. The van der Waals surface area contributed by atoms with Gasteiger partial charge in [0.1, 0.15) is 21.8 Å². The standard InChI is InChI=1S/C25H25N3OS/c1-5-21(29)27-24-22(18-9-7-6-8-10-18)28-23(30-24)19(16-26)15-17-11-13-20(14-12-17)25(2,3)4/h6-15H,5H2,1-4H3,(H,27,29)/b19-15+. The van der Waals surface area contributed by atoms with E-state index in [2.05, 4.69) is 44.3 Å². The minimum atomic E-state index is -0.0809. The highest BCUT2D eigenvalue weighted by molar-refractivity contribution is 7.17. The van der Waals surface area contributed by atoms with Crippen LogP contribution in [0.1, 0.15) is 50.3 Å². The third-order valence-corrected chi connectivity index (χ3v) is 5.69. The van der Waals surface area contributed by atoms with Gasteiger partial charge < -0.3 is 5.32 Å². The number of hydrogen-bond acceptors (Lipinski definition) is 4. The van der Waals surface area contributed by atoms with Crippen LogP contribution in [0.15, 0.2) is 54.6 Å². The minimum Gasteiger partial charge on any atom is -0.316 e. The third kappa shape index (κ3) is 5.03. The first-order valence-corrected chi connectivity index (χ1v) is 10.7. The van der Waals surface area contributed by atoms with Crippen LogP contribution in [0.2, 0.25) is 0 Å². The number of hydrogen-bond donors (Lipinski definition) is 1. The Morgan fingerprint density at radius 2 is 1.80 bits per heavy atom. The first kappa shape index (κ1) is 21.5. The van der Waals surface area contributed by atoms with Gasteiger partial charge in [0.05, 0.1) is 5.57 Å². The van der Waals surface area contributed by atoms with Gasteiger partial charge in [-0.2, -0.15) is 5.26 Å². The van der Waals surface area contributed by atoms with E-state index in [-0.39, 0.29) is 11.3 Å². The van der Waals surface area contributed by atoms with Crippen LogP contribution in [-0.4, -0.2) is 10.9 Å². The van der Waals surface area contributed by atoms with E-state index < -0.39 is 0 Å². The Bertz CT molecular complexity index is 1100. The Kier molecular flexibility index (Phi) is 6.49. The van der Waals surface area contributed by atoms with E-state index in [0.717, 1.165) is 11.1 Å². The zero-order chi connectivity index (χ0) is 21.7. The van der Waals surface area contributed by atoms with Gasteiger partial charge in [0.15, 0.2) is 0 Å². The zero-order valence-corrected chi connectivity index (χ0v) is 18.5. The minimum absolute atomic E-state index is 0.0760. The molecule has 4 nitrogen and oxygen atoms in total. The first-order valence-electron chi connectivity index (χ1n) is 9.90. The van der Waals surface area contributed by atoms with E-state index in [1.807, 2.05) is 48.5 Å². The number of thiazole rings is 1. The van der Waals surface area contributed by atoms with Gasteiger partial charge in [-0.25, -0.2) is 4.98 Å². The van der Waals surface area contributed by atoms with E-state index in [9.17, 15) is 10.1 Å². The van der Waals surface area contributed by atoms with Crippen molar-refractivity contribution in [3.63, 3.8) is 0 Å². The molecule has 0 fully saturated rings. The molecule has 0 saturated carbocycles. The molecule has 0 radical (unpaired) electrons. The van der Waals surface area contributed by atoms with Gasteiger partial charge in [0.2, 0.25) is 5.91 Å². The molecule has 0 atom stereocenters. The van der Waals surface area contributed by atoms with Crippen molar-refractivity contribution in [2.24, 2.45) is 0 Å². The molecule has 3 rings (SSSR count). The van der Waals surface area contributed by atoms with Gasteiger partial charge in [-0.15, -0.1) is 0 Å². The van der Waals surface area contributed by atoms with Gasteiger partial charge in [0.25, 0.3) is 0 Å². The van der Waals surface area contributed by atoms with E-state index in [4.69, 9.17) is 4.98 Å². The fourth-order valence-electron chi connectivity index (χ4n) is 2.91. The van der Waals surface area contributed by atoms with Crippen molar-refractivity contribution in [1.29, 1.82) is 5.26 Å². The number of benzene rings is 2. The Morgan fingerprint density at radius 1 is 1.13 bits per heavy atom. The fourth-order valence-corrected chi connectivity index (χ4v) is 3.88. The predicted octanol–water partition coefficient (Wildman–Crippen LogP) is 6.52. The smallest absolute Gasteiger partial charge is 0.224 e. The molecule has 1 N–H and O–H groups in total. The van der Waals surface area contributed by atoms with E-state index in [1.54, 1.807) is 6.92 Å². The summed E-state index contributed by atoms with van der Waals surface area (Å²) in [6.45, 7) is 8.32. The van der Waals surface area contributed by atoms with Crippen LogP contribution in [0, 0.1) is 11.3 Å². The zero-order valence-electron chi connectivity index (χ0n) is 17.7. The number of carbonyl (C=O) groups excluding carboxylic acids is 1. The average Bonchev–Trinajstić information content (AvgIpc) is 3.15. The fraction of sp³-hybridized carbons (Fsp3) is 0.240. The quantitative estimate of drug-likeness (QED) is 0.482. The maximum absolute atomic E-state index is 12.0. The van der Waals surface area contributed by atoms with Gasteiger partial charge in [-0.1, -0.05) is 93.6 Å². The van der Waals surface area contributed by atoms with Gasteiger partial charge in [-0.05, 0) is 22.6 Å². The van der Waals surface area contributed by atoms with Crippen LogP contribution >= 0.6 is 11.3 Å². The molecule has 0 aliphatic heterocycles. The number of nitrogens with one attached hydrogen (secondary N) is 1. The number of anilines is 1. The van der Waals surface area contributed by atoms with Crippen LogP contribution in [0.3, 0.4) is 0 Å². The molecule has 30 heavy (non-hydrogen) atoms. The molecule has 5 heteroatoms. The number of aromatic nitrogens is 1. The summed E-state index contributed by atoms with van der Waals surface area (Å²) in [5, 5.41) is 14.0. The first-order chi connectivity index (χ1) is 14.3. The number of nitrogens with zero attached hydrogens (tertiary/aromatic N) is 2. The Balaban J connectivity index is 2.01. The summed E-state index contributed by atoms with van der Waals surface area (Å²) in [4.78, 5) is 16.7. The third-order valence-electron chi connectivity index (χ3n) is 4.69. The lowest BCUT2D eigenvalue weighted by molar-refractivity contribution is -0.115. The van der Waals surface area contributed by atoms with Crippen molar-refractivity contribution in [3.8, 4) is 17.3 Å². The van der Waals surface area contributed by atoms with Crippen LogP contribution in [0.5, 0.6) is 0 Å². The Hall–Kier alpha value is -3.23. The SMILES string of the molecule is CCC(=O)Nc1sc(/C(C#N)=C/c2ccc(C(C)(C)C)cc2)nc1-c1ccccc1. The summed E-state index contributed by atoms with van der Waals surface area (Å²) in [7, 11) is 0. The lowest BCUT2D eigenvalue weighted by atomic mass is 9.86. The van der Waals surface area contributed by atoms with Gasteiger partial charge in [0, 0.05) is 12.0 Å². The van der Waals surface area contributed by atoms with Crippen LogP contribution in [0.4, 0.5) is 5.00 Å². The maximum atomic E-state index is 12.0. The van der Waals surface area contributed by atoms with E-state index in [0.29, 0.717) is 27.7 Å². The molecule has 0 bridgehead atoms. The second-order valence-electron chi connectivity index (χ2n) is 8.01. The van der Waals surface area contributed by atoms with Crippen molar-refractivity contribution in [3.05, 3.63) is 70.7 Å². The molecule has 3 aromatic rings. The van der Waals surface area contributed by atoms with Gasteiger partial charge >= 0.3 is 0 Å². The topological polar surface area (TPSA) is 65.8 Å². The molecular weight excluding hydrogens is 390 g/mol. The highest BCUT2D eigenvalue weighted by atomic mass is 32.1. The van der Waals surface area contributed by atoms with Crippen molar-refractivity contribution in [2.75, 3.05) is 5.32 Å². The summed E-state index contributed by atoms with van der Waals surface area (Å²) in [5.74, 6) is -0.0809. The molecule has 2 aromatic carbocycles. The monoisotopic (exact) mass is 415 g/mol. The number of nitriles is 1. The summed E-state index contributed by atoms with van der Waals surface area (Å²) in [6.07, 6.45) is 2.22. The number of rotatable bonds is 5. The highest BCUT2D eigenvalue weighted by Crippen LogP contribution is 2.36. The number of amides is 1. The summed E-state index contributed by atoms with van der Waals surface area (Å²) in [6, 6.07) is 20.2. The molecule has 0 aliphatic rings. The largest absolute Gasteiger partial charge is 0.316 e. The molecule has 0 unspecified atom stereocenters. The Labute approximate surface area is 181 Å². The van der Waals surface area contributed by atoms with Crippen LogP contribution < -0.4 is 5.32 Å². The predicted molar refractivity (Wildman–Crippen MR) is 125 cm³/mol. The average molecular weight is 416 g/mol. The number of carbonyl (C=O) groups is 1. The molecule has 152 valence electrons. The second-order valence-corrected chi connectivity index (χ2v) is 9.01. The maximum Gasteiger partial charge on any atom is 0.224 e. The summed E-state index contributed by atoms with van der Waals surface area (Å²) >= 11 is 1.32. The van der Waals surface area contributed by atoms with Crippen molar-refractivity contribution >= 4 is 33.9 Å². The molecule has 1 amide bonds. The normalized spacial score (nSPS) is 11.8. The molecule has 1 aromatic heterocycles. The molecule has 0 spiro atoms. The van der Waals surface area contributed by atoms with Crippen LogP contribution in [-0.2, 0) is 10.2 Å². The van der Waals surface area contributed by atoms with Crippen molar-refractivity contribution in [2.45, 2.75) is 39.5 Å². The second kappa shape index (κ2) is 9.06. The van der Waals surface area contributed by atoms with Gasteiger partial charge in [-0.3, -0.25) is 4.79 Å². The van der Waals surface area contributed by atoms with E-state index >= 15 is 0 Å². The Morgan fingerprint density at radius 3 is 2.37 bits per heavy atom. The summed E-state index contributed by atoms with van der Waals surface area (Å²) in [5.41, 5.74) is 4.31. The highest BCUT2D eigenvalue weighted by Gasteiger charge is 2.18. The van der Waals surface area contributed by atoms with Crippen molar-refractivity contribution < 1.29 is 4.79 Å². The summed E-state index contributed by atoms with van der Waals surface area (Å²) < 4.78 is 0. The lowest BCUT2D eigenvalue weighted by Gasteiger charge is -2.18. The number of allylic oxidation sites excluding steroid dienone is 1. The van der Waals surface area contributed by atoms with Crippen molar-refractivity contribution in [1.82, 2.24) is 4.98 Å². The molecule has 0 saturated heterocycles. The van der Waals surface area contributed by atoms with Crippen LogP contribution in [0.25, 0.3) is 22.9 Å². The lowest BCUT2D eigenvalue weighted by Crippen LogP contribution is -2.10.